The molecule has 0 spiro atoms. The Morgan fingerprint density at radius 3 is 2.30 bits per heavy atom. The van der Waals surface area contributed by atoms with Gasteiger partial charge in [0.05, 0.1) is 30.9 Å². The molecule has 1 aliphatic rings. The van der Waals surface area contributed by atoms with E-state index in [1.807, 2.05) is 56.3 Å². The second-order valence-corrected chi connectivity index (χ2v) is 10.2. The molecule has 1 aliphatic heterocycles. The van der Waals surface area contributed by atoms with Crippen LogP contribution in [0.2, 0.25) is 0 Å². The van der Waals surface area contributed by atoms with E-state index in [4.69, 9.17) is 9.47 Å². The standard InChI is InChI=1S/C31H33NO5/c1-7-37-23-14-11-20(12-15-23)27-26(29(34)30(35)32(27)22-10-8-9-19(2)17-22)28(33)24-18-21(31(3,4)5)13-16-25(24)36-6/h8-18,27,33H,7H2,1-6H3/b28-26+. The molecule has 1 atom stereocenters. The number of amides is 1. The van der Waals surface area contributed by atoms with Crippen LogP contribution >= 0.6 is 0 Å². The van der Waals surface area contributed by atoms with Crippen LogP contribution < -0.4 is 14.4 Å². The van der Waals surface area contributed by atoms with Crippen LogP contribution in [-0.2, 0) is 15.0 Å². The Morgan fingerprint density at radius 2 is 1.70 bits per heavy atom. The van der Waals surface area contributed by atoms with Gasteiger partial charge in [-0.2, -0.15) is 0 Å². The number of aliphatic hydroxyl groups excluding tert-OH is 1. The highest BCUT2D eigenvalue weighted by Crippen LogP contribution is 2.44. The molecule has 3 aromatic rings. The van der Waals surface area contributed by atoms with Crippen LogP contribution in [0.3, 0.4) is 0 Å². The molecule has 1 unspecified atom stereocenters. The van der Waals surface area contributed by atoms with E-state index in [1.165, 1.54) is 12.0 Å². The number of aryl methyl sites for hydroxylation is 1. The number of ketones is 1. The van der Waals surface area contributed by atoms with Gasteiger partial charge in [-0.3, -0.25) is 14.5 Å². The Labute approximate surface area is 218 Å². The molecule has 0 radical (unpaired) electrons. The molecule has 37 heavy (non-hydrogen) atoms. The van der Waals surface area contributed by atoms with Crippen molar-refractivity contribution >= 4 is 23.1 Å². The van der Waals surface area contributed by atoms with Crippen LogP contribution in [0.25, 0.3) is 5.76 Å². The monoisotopic (exact) mass is 499 g/mol. The molecule has 0 aromatic heterocycles. The molecular weight excluding hydrogens is 466 g/mol. The van der Waals surface area contributed by atoms with Crippen LogP contribution in [0.1, 0.15) is 56.0 Å². The minimum absolute atomic E-state index is 0.0139. The Bertz CT molecular complexity index is 1370. The first-order chi connectivity index (χ1) is 17.6. The molecule has 6 heteroatoms. The van der Waals surface area contributed by atoms with E-state index < -0.39 is 17.7 Å². The summed E-state index contributed by atoms with van der Waals surface area (Å²) >= 11 is 0. The SMILES string of the molecule is CCOc1ccc(C2/C(=C(\O)c3cc(C(C)(C)C)ccc3OC)C(=O)C(=O)N2c2cccc(C)c2)cc1. The van der Waals surface area contributed by atoms with Gasteiger partial charge < -0.3 is 14.6 Å². The molecule has 1 N–H and O–H groups in total. The van der Waals surface area contributed by atoms with Crippen LogP contribution in [0.4, 0.5) is 5.69 Å². The van der Waals surface area contributed by atoms with Gasteiger partial charge in [0.1, 0.15) is 17.3 Å². The molecule has 4 rings (SSSR count). The molecule has 0 aliphatic carbocycles. The number of hydrogen-bond donors (Lipinski definition) is 1. The van der Waals surface area contributed by atoms with Gasteiger partial charge in [0.15, 0.2) is 0 Å². The normalized spacial score (nSPS) is 17.2. The number of nitrogens with zero attached hydrogens (tertiary/aromatic N) is 1. The van der Waals surface area contributed by atoms with Gasteiger partial charge in [-0.25, -0.2) is 0 Å². The average Bonchev–Trinajstić information content (AvgIpc) is 3.13. The second-order valence-electron chi connectivity index (χ2n) is 10.2. The van der Waals surface area contributed by atoms with E-state index in [2.05, 4.69) is 20.8 Å². The first kappa shape index (κ1) is 26.0. The number of carbonyl (C=O) groups is 2. The largest absolute Gasteiger partial charge is 0.507 e. The van der Waals surface area contributed by atoms with E-state index >= 15 is 0 Å². The number of ether oxygens (including phenoxy) is 2. The number of benzene rings is 3. The predicted molar refractivity (Wildman–Crippen MR) is 145 cm³/mol. The van der Waals surface area contributed by atoms with Gasteiger partial charge in [-0.1, -0.05) is 51.1 Å². The smallest absolute Gasteiger partial charge is 0.300 e. The van der Waals surface area contributed by atoms with E-state index in [9.17, 15) is 14.7 Å². The van der Waals surface area contributed by atoms with Crippen molar-refractivity contribution in [3.8, 4) is 11.5 Å². The van der Waals surface area contributed by atoms with Crippen LogP contribution in [0.5, 0.6) is 11.5 Å². The molecule has 0 bridgehead atoms. The summed E-state index contributed by atoms with van der Waals surface area (Å²) in [6.45, 7) is 10.5. The fourth-order valence-electron chi connectivity index (χ4n) is 4.61. The van der Waals surface area contributed by atoms with Crippen molar-refractivity contribution in [2.24, 2.45) is 0 Å². The molecule has 3 aromatic carbocycles. The summed E-state index contributed by atoms with van der Waals surface area (Å²) in [4.78, 5) is 28.5. The van der Waals surface area contributed by atoms with Gasteiger partial charge in [-0.15, -0.1) is 0 Å². The Balaban J connectivity index is 1.97. The summed E-state index contributed by atoms with van der Waals surface area (Å²) in [5.41, 5.74) is 3.34. The van der Waals surface area contributed by atoms with Crippen molar-refractivity contribution in [3.05, 3.63) is 94.6 Å². The van der Waals surface area contributed by atoms with E-state index in [0.29, 0.717) is 34.9 Å². The lowest BCUT2D eigenvalue weighted by atomic mass is 9.85. The molecule has 6 nitrogen and oxygen atoms in total. The molecule has 1 heterocycles. The van der Waals surface area contributed by atoms with Crippen molar-refractivity contribution < 1.29 is 24.2 Å². The first-order valence-corrected chi connectivity index (χ1v) is 12.4. The second kappa shape index (κ2) is 10.1. The molecule has 1 amide bonds. The van der Waals surface area contributed by atoms with Gasteiger partial charge in [-0.05, 0) is 72.4 Å². The number of carbonyl (C=O) groups excluding carboxylic acids is 2. The summed E-state index contributed by atoms with van der Waals surface area (Å²) in [5, 5.41) is 11.7. The van der Waals surface area contributed by atoms with Gasteiger partial charge in [0.2, 0.25) is 0 Å². The minimum atomic E-state index is -0.833. The number of hydrogen-bond acceptors (Lipinski definition) is 5. The average molecular weight is 500 g/mol. The van der Waals surface area contributed by atoms with E-state index in [0.717, 1.165) is 11.1 Å². The number of Topliss-reactive ketones (excluding diaryl/α,β-unsaturated/α-hetero) is 1. The minimum Gasteiger partial charge on any atom is -0.507 e. The summed E-state index contributed by atoms with van der Waals surface area (Å²) < 4.78 is 11.1. The lowest BCUT2D eigenvalue weighted by Crippen LogP contribution is -2.29. The van der Waals surface area contributed by atoms with Gasteiger partial charge in [0, 0.05) is 5.69 Å². The quantitative estimate of drug-likeness (QED) is 0.244. The summed E-state index contributed by atoms with van der Waals surface area (Å²) in [5.74, 6) is -0.621. The molecule has 1 saturated heterocycles. The molecule has 1 fully saturated rings. The Kier molecular flexibility index (Phi) is 7.12. The maximum Gasteiger partial charge on any atom is 0.300 e. The Hall–Kier alpha value is -4.06. The van der Waals surface area contributed by atoms with Crippen LogP contribution in [0, 0.1) is 6.92 Å². The van der Waals surface area contributed by atoms with Crippen molar-refractivity contribution in [3.63, 3.8) is 0 Å². The zero-order chi connectivity index (χ0) is 26.9. The third-order valence-electron chi connectivity index (χ3n) is 6.55. The van der Waals surface area contributed by atoms with Crippen molar-refractivity contribution in [1.82, 2.24) is 0 Å². The zero-order valence-electron chi connectivity index (χ0n) is 22.2. The van der Waals surface area contributed by atoms with Crippen molar-refractivity contribution in [1.29, 1.82) is 0 Å². The zero-order valence-corrected chi connectivity index (χ0v) is 22.2. The van der Waals surface area contributed by atoms with Crippen LogP contribution in [0.15, 0.2) is 72.3 Å². The van der Waals surface area contributed by atoms with Crippen molar-refractivity contribution in [2.45, 2.75) is 46.1 Å². The third kappa shape index (κ3) is 4.96. The third-order valence-corrected chi connectivity index (χ3v) is 6.55. The van der Waals surface area contributed by atoms with E-state index in [1.54, 1.807) is 24.3 Å². The lowest BCUT2D eigenvalue weighted by molar-refractivity contribution is -0.132. The highest BCUT2D eigenvalue weighted by molar-refractivity contribution is 6.51. The van der Waals surface area contributed by atoms with Crippen molar-refractivity contribution in [2.75, 3.05) is 18.6 Å². The number of methoxy groups -OCH3 is 1. The summed E-state index contributed by atoms with van der Waals surface area (Å²) in [6, 6.07) is 19.4. The number of aliphatic hydroxyl groups is 1. The highest BCUT2D eigenvalue weighted by atomic mass is 16.5. The number of anilines is 1. The topological polar surface area (TPSA) is 76.1 Å². The maximum absolute atomic E-state index is 13.5. The predicted octanol–water partition coefficient (Wildman–Crippen LogP) is 6.33. The fourth-order valence-corrected chi connectivity index (χ4v) is 4.61. The lowest BCUT2D eigenvalue weighted by Gasteiger charge is -2.26. The van der Waals surface area contributed by atoms with Crippen LogP contribution in [-0.4, -0.2) is 30.5 Å². The summed E-state index contributed by atoms with van der Waals surface area (Å²) in [6.07, 6.45) is 0. The molecule has 0 saturated carbocycles. The first-order valence-electron chi connectivity index (χ1n) is 12.4. The highest BCUT2D eigenvalue weighted by Gasteiger charge is 2.47. The Morgan fingerprint density at radius 1 is 1.00 bits per heavy atom. The fraction of sp³-hybridized carbons (Fsp3) is 0.290. The number of rotatable bonds is 6. The van der Waals surface area contributed by atoms with Gasteiger partial charge >= 0.3 is 0 Å². The molecular formula is C31H33NO5. The van der Waals surface area contributed by atoms with Gasteiger partial charge in [0.25, 0.3) is 11.7 Å². The summed E-state index contributed by atoms with van der Waals surface area (Å²) in [7, 11) is 1.51. The molecule has 192 valence electrons. The van der Waals surface area contributed by atoms with E-state index in [-0.39, 0.29) is 16.7 Å². The maximum atomic E-state index is 13.5.